The summed E-state index contributed by atoms with van der Waals surface area (Å²) in [5.41, 5.74) is 0.622. The summed E-state index contributed by atoms with van der Waals surface area (Å²) in [4.78, 5) is 0. The Balaban J connectivity index is 1.96. The van der Waals surface area contributed by atoms with Crippen molar-refractivity contribution >= 4 is 0 Å². The van der Waals surface area contributed by atoms with Crippen LogP contribution in [0.4, 0.5) is 0 Å². The Bertz CT molecular complexity index is 121. The maximum absolute atomic E-state index is 3.49. The van der Waals surface area contributed by atoms with Crippen LogP contribution in [-0.4, -0.2) is 12.6 Å². The molecule has 0 saturated heterocycles. The number of hydrogen-bond acceptors (Lipinski definition) is 1. The van der Waals surface area contributed by atoms with E-state index in [0.29, 0.717) is 5.54 Å². The van der Waals surface area contributed by atoms with E-state index >= 15 is 0 Å². The highest BCUT2D eigenvalue weighted by Gasteiger charge is 2.48. The molecule has 0 unspecified atom stereocenters. The van der Waals surface area contributed by atoms with E-state index in [0.717, 1.165) is 5.92 Å². The highest BCUT2D eigenvalue weighted by molar-refractivity contribution is 5.06. The Morgan fingerprint density at radius 1 is 1.20 bits per heavy atom. The van der Waals surface area contributed by atoms with Crippen molar-refractivity contribution in [1.82, 2.24) is 5.32 Å². The van der Waals surface area contributed by atoms with Crippen LogP contribution in [0.1, 0.15) is 38.5 Å². The number of rotatable bonds is 2. The zero-order valence-electron chi connectivity index (χ0n) is 6.82. The summed E-state index contributed by atoms with van der Waals surface area (Å²) in [6, 6.07) is 0. The fourth-order valence-electron chi connectivity index (χ4n) is 2.48. The second kappa shape index (κ2) is 2.23. The molecule has 0 bridgehead atoms. The lowest BCUT2D eigenvalue weighted by Gasteiger charge is -2.21. The maximum atomic E-state index is 3.49. The standard InChI is InChI=1S/C9H17N/c1-10-9(6-7-9)8-4-2-3-5-8/h8,10H,2-7H2,1H3. The predicted molar refractivity (Wildman–Crippen MR) is 43.0 cm³/mol. The first-order valence-corrected chi connectivity index (χ1v) is 4.56. The Hall–Kier alpha value is -0.0400. The van der Waals surface area contributed by atoms with Gasteiger partial charge >= 0.3 is 0 Å². The average molecular weight is 139 g/mol. The quantitative estimate of drug-likeness (QED) is 0.616. The molecule has 2 aliphatic carbocycles. The minimum Gasteiger partial charge on any atom is -0.314 e. The van der Waals surface area contributed by atoms with Gasteiger partial charge in [0.05, 0.1) is 0 Å². The average Bonchev–Trinajstić information content (AvgIpc) is 2.58. The normalized spacial score (nSPS) is 30.9. The first-order chi connectivity index (χ1) is 4.87. The first kappa shape index (κ1) is 6.66. The van der Waals surface area contributed by atoms with Crippen LogP contribution < -0.4 is 5.32 Å². The molecule has 0 aromatic carbocycles. The van der Waals surface area contributed by atoms with E-state index < -0.39 is 0 Å². The zero-order chi connectivity index (χ0) is 7.03. The lowest BCUT2D eigenvalue weighted by molar-refractivity contribution is 0.360. The van der Waals surface area contributed by atoms with Crippen molar-refractivity contribution in [1.29, 1.82) is 0 Å². The third-order valence-corrected chi connectivity index (χ3v) is 3.42. The topological polar surface area (TPSA) is 12.0 Å². The second-order valence-electron chi connectivity index (χ2n) is 3.89. The highest BCUT2D eigenvalue weighted by atomic mass is 15.0. The van der Waals surface area contributed by atoms with E-state index in [1.807, 2.05) is 0 Å². The van der Waals surface area contributed by atoms with Gasteiger partial charge in [0.25, 0.3) is 0 Å². The van der Waals surface area contributed by atoms with Crippen LogP contribution in [0.2, 0.25) is 0 Å². The van der Waals surface area contributed by atoms with Crippen molar-refractivity contribution in [3.8, 4) is 0 Å². The molecular weight excluding hydrogens is 122 g/mol. The number of hydrogen-bond donors (Lipinski definition) is 1. The summed E-state index contributed by atoms with van der Waals surface area (Å²) in [5, 5.41) is 3.49. The minimum atomic E-state index is 0.622. The van der Waals surface area contributed by atoms with E-state index in [9.17, 15) is 0 Å². The summed E-state index contributed by atoms with van der Waals surface area (Å²) in [6.45, 7) is 0. The molecule has 2 rings (SSSR count). The first-order valence-electron chi connectivity index (χ1n) is 4.56. The van der Waals surface area contributed by atoms with Crippen LogP contribution >= 0.6 is 0 Å². The molecular formula is C9H17N. The monoisotopic (exact) mass is 139 g/mol. The molecule has 0 atom stereocenters. The van der Waals surface area contributed by atoms with Crippen molar-refractivity contribution in [3.63, 3.8) is 0 Å². The van der Waals surface area contributed by atoms with Gasteiger partial charge in [-0.2, -0.15) is 0 Å². The molecule has 0 aromatic heterocycles. The molecule has 0 heterocycles. The maximum Gasteiger partial charge on any atom is 0.0208 e. The van der Waals surface area contributed by atoms with Crippen molar-refractivity contribution in [3.05, 3.63) is 0 Å². The van der Waals surface area contributed by atoms with Gasteiger partial charge in [0.1, 0.15) is 0 Å². The lowest BCUT2D eigenvalue weighted by Crippen LogP contribution is -2.34. The molecule has 2 aliphatic rings. The summed E-state index contributed by atoms with van der Waals surface area (Å²) < 4.78 is 0. The van der Waals surface area contributed by atoms with Crippen molar-refractivity contribution in [2.75, 3.05) is 7.05 Å². The third kappa shape index (κ3) is 0.878. The van der Waals surface area contributed by atoms with E-state index in [1.165, 1.54) is 38.5 Å². The fraction of sp³-hybridized carbons (Fsp3) is 1.00. The summed E-state index contributed by atoms with van der Waals surface area (Å²) in [6.07, 6.45) is 8.81. The second-order valence-corrected chi connectivity index (χ2v) is 3.89. The summed E-state index contributed by atoms with van der Waals surface area (Å²) in [5.74, 6) is 1.03. The molecule has 58 valence electrons. The van der Waals surface area contributed by atoms with Gasteiger partial charge in [0, 0.05) is 5.54 Å². The zero-order valence-corrected chi connectivity index (χ0v) is 6.82. The summed E-state index contributed by atoms with van der Waals surface area (Å²) in [7, 11) is 2.13. The van der Waals surface area contributed by atoms with Crippen LogP contribution in [0.5, 0.6) is 0 Å². The molecule has 0 aromatic rings. The smallest absolute Gasteiger partial charge is 0.0208 e. The third-order valence-electron chi connectivity index (χ3n) is 3.42. The van der Waals surface area contributed by atoms with E-state index in [4.69, 9.17) is 0 Å². The van der Waals surface area contributed by atoms with Gasteiger partial charge in [0.2, 0.25) is 0 Å². The van der Waals surface area contributed by atoms with Gasteiger partial charge in [-0.15, -0.1) is 0 Å². The van der Waals surface area contributed by atoms with Crippen LogP contribution in [0.15, 0.2) is 0 Å². The van der Waals surface area contributed by atoms with Gasteiger partial charge in [-0.25, -0.2) is 0 Å². The SMILES string of the molecule is CNC1(C2CCCC2)CC1. The van der Waals surface area contributed by atoms with E-state index in [1.54, 1.807) is 0 Å². The Morgan fingerprint density at radius 3 is 2.20 bits per heavy atom. The minimum absolute atomic E-state index is 0.622. The molecule has 0 radical (unpaired) electrons. The highest BCUT2D eigenvalue weighted by Crippen LogP contribution is 2.48. The largest absolute Gasteiger partial charge is 0.314 e. The molecule has 0 aliphatic heterocycles. The van der Waals surface area contributed by atoms with Gasteiger partial charge < -0.3 is 5.32 Å². The van der Waals surface area contributed by atoms with Crippen LogP contribution in [0.3, 0.4) is 0 Å². The van der Waals surface area contributed by atoms with Crippen molar-refractivity contribution < 1.29 is 0 Å². The van der Waals surface area contributed by atoms with Gasteiger partial charge in [0.15, 0.2) is 0 Å². The van der Waals surface area contributed by atoms with Crippen LogP contribution in [0, 0.1) is 5.92 Å². The summed E-state index contributed by atoms with van der Waals surface area (Å²) >= 11 is 0. The van der Waals surface area contributed by atoms with Crippen molar-refractivity contribution in [2.45, 2.75) is 44.1 Å². The van der Waals surface area contributed by atoms with Gasteiger partial charge in [-0.3, -0.25) is 0 Å². The van der Waals surface area contributed by atoms with E-state index in [2.05, 4.69) is 12.4 Å². The number of nitrogens with one attached hydrogen (secondary N) is 1. The Kier molecular flexibility index (Phi) is 1.48. The van der Waals surface area contributed by atoms with Crippen LogP contribution in [0.25, 0.3) is 0 Å². The molecule has 1 nitrogen and oxygen atoms in total. The molecule has 10 heavy (non-hydrogen) atoms. The Labute approximate surface area is 63.2 Å². The molecule has 2 fully saturated rings. The van der Waals surface area contributed by atoms with Crippen LogP contribution in [-0.2, 0) is 0 Å². The molecule has 2 saturated carbocycles. The molecule has 0 spiro atoms. The molecule has 1 N–H and O–H groups in total. The lowest BCUT2D eigenvalue weighted by atomic mass is 9.96. The van der Waals surface area contributed by atoms with Crippen molar-refractivity contribution in [2.24, 2.45) is 5.92 Å². The van der Waals surface area contributed by atoms with E-state index in [-0.39, 0.29) is 0 Å². The predicted octanol–water partition coefficient (Wildman–Crippen LogP) is 1.93. The van der Waals surface area contributed by atoms with Gasteiger partial charge in [-0.05, 0) is 38.6 Å². The molecule has 1 heteroatoms. The molecule has 0 amide bonds. The Morgan fingerprint density at radius 2 is 1.80 bits per heavy atom. The van der Waals surface area contributed by atoms with Gasteiger partial charge in [-0.1, -0.05) is 12.8 Å². The fourth-order valence-corrected chi connectivity index (χ4v) is 2.48.